The van der Waals surface area contributed by atoms with Crippen LogP contribution in [0.5, 0.6) is 0 Å². The van der Waals surface area contributed by atoms with Crippen molar-refractivity contribution in [3.05, 3.63) is 12.7 Å². The highest BCUT2D eigenvalue weighted by Gasteiger charge is 2.21. The summed E-state index contributed by atoms with van der Waals surface area (Å²) in [6.45, 7) is 5.63. The molecule has 1 fully saturated rings. The summed E-state index contributed by atoms with van der Waals surface area (Å²) < 4.78 is 0. The molecule has 0 aromatic heterocycles. The predicted molar refractivity (Wildman–Crippen MR) is 45.1 cm³/mol. The maximum atomic E-state index is 10.8. The fraction of sp³-hybridized carbons (Fsp3) is 0.667. The molecule has 62 valence electrons. The zero-order valence-corrected chi connectivity index (χ0v) is 6.97. The van der Waals surface area contributed by atoms with Gasteiger partial charge in [0.1, 0.15) is 0 Å². The van der Waals surface area contributed by atoms with Crippen LogP contribution in [0.4, 0.5) is 0 Å². The Morgan fingerprint density at radius 3 is 2.82 bits per heavy atom. The van der Waals surface area contributed by atoms with Crippen LogP contribution in [-0.2, 0) is 4.79 Å². The maximum Gasteiger partial charge on any atom is 0.243 e. The van der Waals surface area contributed by atoms with E-state index in [9.17, 15) is 4.79 Å². The van der Waals surface area contributed by atoms with Crippen LogP contribution in [0, 0.1) is 5.92 Å². The molecule has 1 aliphatic rings. The van der Waals surface area contributed by atoms with E-state index in [1.807, 2.05) is 0 Å². The van der Waals surface area contributed by atoms with Gasteiger partial charge in [0, 0.05) is 6.04 Å². The summed E-state index contributed by atoms with van der Waals surface area (Å²) in [6, 6.07) is 0.399. The zero-order chi connectivity index (χ0) is 8.27. The number of hydrogen-bond donors (Lipinski definition) is 1. The van der Waals surface area contributed by atoms with E-state index in [2.05, 4.69) is 18.8 Å². The zero-order valence-electron chi connectivity index (χ0n) is 6.97. The molecule has 0 aromatic rings. The standard InChI is InChI=1S/C9H15NO/c1-3-9(11)10-8-5-4-7(2)6-8/h3,7-8H,1,4-6H2,2H3,(H,10,11)/t7-,8+/m0/s1. The van der Waals surface area contributed by atoms with Gasteiger partial charge in [-0.15, -0.1) is 0 Å². The first kappa shape index (κ1) is 8.31. The van der Waals surface area contributed by atoms with Crippen LogP contribution in [-0.4, -0.2) is 11.9 Å². The fourth-order valence-corrected chi connectivity index (χ4v) is 1.60. The lowest BCUT2D eigenvalue weighted by Gasteiger charge is -2.09. The summed E-state index contributed by atoms with van der Waals surface area (Å²) in [5.74, 6) is 0.731. The summed E-state index contributed by atoms with van der Waals surface area (Å²) in [5, 5.41) is 2.90. The molecule has 0 spiro atoms. The van der Waals surface area contributed by atoms with Crippen molar-refractivity contribution in [3.63, 3.8) is 0 Å². The van der Waals surface area contributed by atoms with E-state index in [1.165, 1.54) is 12.5 Å². The van der Waals surface area contributed by atoms with Crippen molar-refractivity contribution in [3.8, 4) is 0 Å². The molecular weight excluding hydrogens is 138 g/mol. The number of carbonyl (C=O) groups excluding carboxylic acids is 1. The van der Waals surface area contributed by atoms with Gasteiger partial charge in [-0.2, -0.15) is 0 Å². The lowest BCUT2D eigenvalue weighted by Crippen LogP contribution is -2.31. The highest BCUT2D eigenvalue weighted by atomic mass is 16.1. The Hall–Kier alpha value is -0.790. The first-order valence-corrected chi connectivity index (χ1v) is 4.15. The lowest BCUT2D eigenvalue weighted by molar-refractivity contribution is -0.117. The van der Waals surface area contributed by atoms with Crippen molar-refractivity contribution >= 4 is 5.91 Å². The van der Waals surface area contributed by atoms with Gasteiger partial charge in [0.2, 0.25) is 5.91 Å². The van der Waals surface area contributed by atoms with E-state index >= 15 is 0 Å². The molecule has 1 N–H and O–H groups in total. The van der Waals surface area contributed by atoms with Crippen molar-refractivity contribution in [1.29, 1.82) is 0 Å². The molecule has 1 aliphatic carbocycles. The summed E-state index contributed by atoms with van der Waals surface area (Å²) in [7, 11) is 0. The van der Waals surface area contributed by atoms with Gasteiger partial charge < -0.3 is 5.32 Å². The molecule has 0 aliphatic heterocycles. The lowest BCUT2D eigenvalue weighted by atomic mass is 10.1. The van der Waals surface area contributed by atoms with Gasteiger partial charge in [-0.25, -0.2) is 0 Å². The van der Waals surface area contributed by atoms with Crippen molar-refractivity contribution in [1.82, 2.24) is 5.32 Å². The van der Waals surface area contributed by atoms with E-state index in [-0.39, 0.29) is 5.91 Å². The Labute approximate surface area is 67.7 Å². The van der Waals surface area contributed by atoms with E-state index in [1.54, 1.807) is 0 Å². The molecule has 0 bridgehead atoms. The third-order valence-corrected chi connectivity index (χ3v) is 2.23. The molecule has 1 amide bonds. The molecule has 0 heterocycles. The van der Waals surface area contributed by atoms with Gasteiger partial charge in [-0.3, -0.25) is 4.79 Å². The van der Waals surface area contributed by atoms with Crippen molar-refractivity contribution in [2.75, 3.05) is 0 Å². The first-order valence-electron chi connectivity index (χ1n) is 4.15. The molecule has 1 saturated carbocycles. The SMILES string of the molecule is C=CC(=O)N[C@@H]1CC[C@H](C)C1. The Kier molecular flexibility index (Phi) is 2.69. The van der Waals surface area contributed by atoms with Gasteiger partial charge in [-0.05, 0) is 31.3 Å². The Morgan fingerprint density at radius 2 is 2.36 bits per heavy atom. The third kappa shape index (κ3) is 2.37. The fourth-order valence-electron chi connectivity index (χ4n) is 1.60. The number of carbonyl (C=O) groups is 1. The Balaban J connectivity index is 2.28. The predicted octanol–water partition coefficient (Wildman–Crippen LogP) is 1.48. The van der Waals surface area contributed by atoms with Crippen molar-refractivity contribution < 1.29 is 4.79 Å². The van der Waals surface area contributed by atoms with E-state index in [0.717, 1.165) is 18.8 Å². The Bertz CT molecular complexity index is 165. The van der Waals surface area contributed by atoms with Crippen LogP contribution in [0.25, 0.3) is 0 Å². The second kappa shape index (κ2) is 3.56. The van der Waals surface area contributed by atoms with Crippen LogP contribution in [0.1, 0.15) is 26.2 Å². The molecule has 0 aromatic carbocycles. The molecule has 2 atom stereocenters. The van der Waals surface area contributed by atoms with Gasteiger partial charge in [-0.1, -0.05) is 13.5 Å². The minimum Gasteiger partial charge on any atom is -0.350 e. The molecule has 2 nitrogen and oxygen atoms in total. The van der Waals surface area contributed by atoms with Gasteiger partial charge in [0.25, 0.3) is 0 Å². The normalized spacial score (nSPS) is 29.9. The van der Waals surface area contributed by atoms with Crippen LogP contribution in [0.15, 0.2) is 12.7 Å². The largest absolute Gasteiger partial charge is 0.350 e. The minimum atomic E-state index is -0.0379. The molecule has 1 rings (SSSR count). The summed E-state index contributed by atoms with van der Waals surface area (Å²) >= 11 is 0. The van der Waals surface area contributed by atoms with Crippen LogP contribution in [0.3, 0.4) is 0 Å². The summed E-state index contributed by atoms with van der Waals surface area (Å²) in [5.41, 5.74) is 0. The number of rotatable bonds is 2. The average Bonchev–Trinajstić information content (AvgIpc) is 2.35. The van der Waals surface area contributed by atoms with Crippen LogP contribution < -0.4 is 5.32 Å². The highest BCUT2D eigenvalue weighted by molar-refractivity contribution is 5.87. The quantitative estimate of drug-likeness (QED) is 0.598. The Morgan fingerprint density at radius 1 is 1.64 bits per heavy atom. The summed E-state index contributed by atoms with van der Waals surface area (Å²) in [6.07, 6.45) is 4.82. The summed E-state index contributed by atoms with van der Waals surface area (Å²) in [4.78, 5) is 10.8. The topological polar surface area (TPSA) is 29.1 Å². The number of nitrogens with one attached hydrogen (secondary N) is 1. The van der Waals surface area contributed by atoms with Gasteiger partial charge in [0.05, 0.1) is 0 Å². The van der Waals surface area contributed by atoms with Crippen molar-refractivity contribution in [2.24, 2.45) is 5.92 Å². The van der Waals surface area contributed by atoms with Crippen molar-refractivity contribution in [2.45, 2.75) is 32.2 Å². The number of amides is 1. The second-order valence-electron chi connectivity index (χ2n) is 3.33. The van der Waals surface area contributed by atoms with E-state index < -0.39 is 0 Å². The molecule has 0 radical (unpaired) electrons. The first-order chi connectivity index (χ1) is 5.22. The highest BCUT2D eigenvalue weighted by Crippen LogP contribution is 2.24. The van der Waals surface area contributed by atoms with Gasteiger partial charge in [0.15, 0.2) is 0 Å². The van der Waals surface area contributed by atoms with Crippen LogP contribution in [0.2, 0.25) is 0 Å². The molecule has 2 heteroatoms. The maximum absolute atomic E-state index is 10.8. The second-order valence-corrected chi connectivity index (χ2v) is 3.33. The molecule has 0 saturated heterocycles. The molecular formula is C9H15NO. The minimum absolute atomic E-state index is 0.0379. The van der Waals surface area contributed by atoms with E-state index in [0.29, 0.717) is 6.04 Å². The third-order valence-electron chi connectivity index (χ3n) is 2.23. The van der Waals surface area contributed by atoms with Gasteiger partial charge >= 0.3 is 0 Å². The average molecular weight is 153 g/mol. The number of hydrogen-bond acceptors (Lipinski definition) is 1. The molecule has 11 heavy (non-hydrogen) atoms. The molecule has 0 unspecified atom stereocenters. The smallest absolute Gasteiger partial charge is 0.243 e. The monoisotopic (exact) mass is 153 g/mol. The van der Waals surface area contributed by atoms with E-state index in [4.69, 9.17) is 0 Å². The van der Waals surface area contributed by atoms with Crippen LogP contribution >= 0.6 is 0 Å².